The number of amides is 1. The van der Waals surface area contributed by atoms with Crippen LogP contribution in [0.2, 0.25) is 0 Å². The van der Waals surface area contributed by atoms with Crippen LogP contribution in [0.3, 0.4) is 0 Å². The molecule has 30 heavy (non-hydrogen) atoms. The number of rotatable bonds is 2. The number of imidazole rings is 1. The number of nitrogens with zero attached hydrogens (tertiary/aromatic N) is 3. The number of fused-ring (bicyclic) bond motifs is 3. The number of carbonyl (C=O) groups is 2. The van der Waals surface area contributed by atoms with Gasteiger partial charge in [-0.3, -0.25) is 14.3 Å². The zero-order valence-electron chi connectivity index (χ0n) is 17.8. The van der Waals surface area contributed by atoms with Crippen molar-refractivity contribution in [3.63, 3.8) is 0 Å². The highest BCUT2D eigenvalue weighted by atomic mass is 16.6. The average Bonchev–Trinajstić information content (AvgIpc) is 3.14. The fraction of sp³-hybridized carbons (Fsp3) is 0.292. The molecule has 0 unspecified atom stereocenters. The number of carbonyl (C=O) groups excluding carboxylic acids is 2. The SMILES string of the molecule is CC(C)(C)OC(=O)c1ncn2c1C(C)(C)N(C(=O)c1ccccc1)c1ccccc1-2. The number of anilines is 1. The minimum absolute atomic E-state index is 0.143. The van der Waals surface area contributed by atoms with Crippen molar-refractivity contribution in [1.29, 1.82) is 0 Å². The highest BCUT2D eigenvalue weighted by molar-refractivity contribution is 6.09. The van der Waals surface area contributed by atoms with E-state index in [-0.39, 0.29) is 11.6 Å². The zero-order chi connectivity index (χ0) is 21.7. The Kier molecular flexibility index (Phi) is 4.53. The van der Waals surface area contributed by atoms with Crippen molar-refractivity contribution in [2.45, 2.75) is 45.8 Å². The third-order valence-electron chi connectivity index (χ3n) is 5.10. The van der Waals surface area contributed by atoms with E-state index < -0.39 is 17.1 Å². The summed E-state index contributed by atoms with van der Waals surface area (Å²) >= 11 is 0. The van der Waals surface area contributed by atoms with Gasteiger partial charge in [0.15, 0.2) is 5.69 Å². The smallest absolute Gasteiger partial charge is 0.359 e. The number of aromatic nitrogens is 2. The fourth-order valence-electron chi connectivity index (χ4n) is 3.93. The molecule has 1 amide bonds. The molecule has 2 aromatic carbocycles. The Hall–Kier alpha value is -3.41. The lowest BCUT2D eigenvalue weighted by atomic mass is 9.90. The van der Waals surface area contributed by atoms with Crippen LogP contribution in [0.25, 0.3) is 5.69 Å². The average molecular weight is 403 g/mol. The highest BCUT2D eigenvalue weighted by Crippen LogP contribution is 2.44. The van der Waals surface area contributed by atoms with E-state index in [4.69, 9.17) is 4.74 Å². The first-order valence-corrected chi connectivity index (χ1v) is 9.91. The van der Waals surface area contributed by atoms with Crippen molar-refractivity contribution in [2.75, 3.05) is 4.90 Å². The van der Waals surface area contributed by atoms with Gasteiger partial charge in [-0.05, 0) is 58.9 Å². The summed E-state index contributed by atoms with van der Waals surface area (Å²) in [6.07, 6.45) is 1.62. The van der Waals surface area contributed by atoms with E-state index in [0.29, 0.717) is 11.3 Å². The molecule has 0 N–H and O–H groups in total. The lowest BCUT2D eigenvalue weighted by molar-refractivity contribution is 0.00598. The molecule has 1 aliphatic heterocycles. The molecular formula is C24H25N3O3. The Labute approximate surface area is 176 Å². The molecule has 0 saturated carbocycles. The number of benzene rings is 2. The topological polar surface area (TPSA) is 64.4 Å². The van der Waals surface area contributed by atoms with Gasteiger partial charge in [0.1, 0.15) is 11.9 Å². The normalized spacial score (nSPS) is 14.6. The fourth-order valence-corrected chi connectivity index (χ4v) is 3.93. The molecule has 154 valence electrons. The van der Waals surface area contributed by atoms with Gasteiger partial charge in [0.25, 0.3) is 5.91 Å². The minimum Gasteiger partial charge on any atom is -0.455 e. The second-order valence-electron chi connectivity index (χ2n) is 8.87. The molecular weight excluding hydrogens is 378 g/mol. The van der Waals surface area contributed by atoms with Crippen LogP contribution < -0.4 is 4.90 Å². The monoisotopic (exact) mass is 403 g/mol. The van der Waals surface area contributed by atoms with E-state index in [1.54, 1.807) is 23.4 Å². The quantitative estimate of drug-likeness (QED) is 0.581. The summed E-state index contributed by atoms with van der Waals surface area (Å²) in [5, 5.41) is 0. The lowest BCUT2D eigenvalue weighted by Gasteiger charge is -2.44. The zero-order valence-corrected chi connectivity index (χ0v) is 17.8. The minimum atomic E-state index is -0.843. The van der Waals surface area contributed by atoms with E-state index in [0.717, 1.165) is 11.4 Å². The molecule has 0 spiro atoms. The van der Waals surface area contributed by atoms with E-state index >= 15 is 0 Å². The number of hydrogen-bond donors (Lipinski definition) is 0. The molecule has 0 fully saturated rings. The van der Waals surface area contributed by atoms with Crippen LogP contribution in [0.1, 0.15) is 61.2 Å². The predicted octanol–water partition coefficient (Wildman–Crippen LogP) is 4.72. The molecule has 0 aliphatic carbocycles. The first-order valence-electron chi connectivity index (χ1n) is 9.91. The van der Waals surface area contributed by atoms with E-state index in [1.165, 1.54) is 0 Å². The second kappa shape index (κ2) is 6.83. The Balaban J connectivity index is 1.91. The third-order valence-corrected chi connectivity index (χ3v) is 5.10. The van der Waals surface area contributed by atoms with Crippen LogP contribution >= 0.6 is 0 Å². The molecule has 1 aliphatic rings. The van der Waals surface area contributed by atoms with Crippen molar-refractivity contribution in [2.24, 2.45) is 0 Å². The molecule has 0 radical (unpaired) electrons. The largest absolute Gasteiger partial charge is 0.455 e. The van der Waals surface area contributed by atoms with Crippen molar-refractivity contribution >= 4 is 17.6 Å². The van der Waals surface area contributed by atoms with Crippen LogP contribution in [0.5, 0.6) is 0 Å². The van der Waals surface area contributed by atoms with Gasteiger partial charge in [0.2, 0.25) is 0 Å². The van der Waals surface area contributed by atoms with Gasteiger partial charge in [-0.15, -0.1) is 0 Å². The van der Waals surface area contributed by atoms with Crippen molar-refractivity contribution in [1.82, 2.24) is 9.55 Å². The summed E-state index contributed by atoms with van der Waals surface area (Å²) in [6.45, 7) is 9.30. The van der Waals surface area contributed by atoms with Crippen LogP contribution in [0.15, 0.2) is 60.9 Å². The summed E-state index contributed by atoms with van der Waals surface area (Å²) in [4.78, 5) is 32.7. The summed E-state index contributed by atoms with van der Waals surface area (Å²) in [5.41, 5.74) is 1.48. The van der Waals surface area contributed by atoms with Gasteiger partial charge in [-0.1, -0.05) is 30.3 Å². The van der Waals surface area contributed by atoms with Crippen molar-refractivity contribution in [3.8, 4) is 5.69 Å². The summed E-state index contributed by atoms with van der Waals surface area (Å²) in [5.74, 6) is -0.647. The van der Waals surface area contributed by atoms with Crippen LogP contribution in [-0.4, -0.2) is 27.0 Å². The third kappa shape index (κ3) is 3.18. The Morgan fingerprint density at radius 2 is 1.53 bits per heavy atom. The number of esters is 1. The number of ether oxygens (including phenoxy) is 1. The van der Waals surface area contributed by atoms with Crippen molar-refractivity contribution in [3.05, 3.63) is 77.9 Å². The Morgan fingerprint density at radius 1 is 0.933 bits per heavy atom. The molecule has 3 aromatic rings. The molecule has 0 atom stereocenters. The van der Waals surface area contributed by atoms with Crippen LogP contribution in [0.4, 0.5) is 5.69 Å². The maximum atomic E-state index is 13.6. The Bertz CT molecular complexity index is 1120. The second-order valence-corrected chi connectivity index (χ2v) is 8.87. The molecule has 0 bridgehead atoms. The lowest BCUT2D eigenvalue weighted by Crippen LogP contribution is -2.50. The number of para-hydroxylation sites is 2. The Morgan fingerprint density at radius 3 is 2.17 bits per heavy atom. The highest BCUT2D eigenvalue weighted by Gasteiger charge is 2.45. The van der Waals surface area contributed by atoms with Crippen LogP contribution in [-0.2, 0) is 10.3 Å². The van der Waals surface area contributed by atoms with E-state index in [2.05, 4.69) is 4.98 Å². The molecule has 1 aromatic heterocycles. The molecule has 4 rings (SSSR count). The van der Waals surface area contributed by atoms with E-state index in [1.807, 2.05) is 81.7 Å². The van der Waals surface area contributed by atoms with Gasteiger partial charge in [0.05, 0.1) is 22.6 Å². The molecule has 0 saturated heterocycles. The first-order chi connectivity index (χ1) is 14.1. The summed E-state index contributed by atoms with van der Waals surface area (Å²) < 4.78 is 7.47. The summed E-state index contributed by atoms with van der Waals surface area (Å²) in [7, 11) is 0. The van der Waals surface area contributed by atoms with Gasteiger partial charge in [-0.2, -0.15) is 0 Å². The van der Waals surface area contributed by atoms with Gasteiger partial charge in [-0.25, -0.2) is 9.78 Å². The van der Waals surface area contributed by atoms with E-state index in [9.17, 15) is 9.59 Å². The van der Waals surface area contributed by atoms with Gasteiger partial charge in [0, 0.05) is 5.56 Å². The molecule has 6 nitrogen and oxygen atoms in total. The maximum Gasteiger partial charge on any atom is 0.359 e. The maximum absolute atomic E-state index is 13.6. The predicted molar refractivity (Wildman–Crippen MR) is 115 cm³/mol. The number of hydrogen-bond acceptors (Lipinski definition) is 4. The standard InChI is InChI=1S/C24H25N3O3/c1-23(2,3)30-22(29)19-20-24(4,5)27(21(28)16-11-7-6-8-12-16)18-14-10-9-13-17(18)26(20)15-25-19/h6-15H,1-5H3. The van der Waals surface area contributed by atoms with Gasteiger partial charge >= 0.3 is 5.97 Å². The van der Waals surface area contributed by atoms with Crippen LogP contribution in [0, 0.1) is 0 Å². The molecule has 2 heterocycles. The van der Waals surface area contributed by atoms with Gasteiger partial charge < -0.3 is 4.74 Å². The summed E-state index contributed by atoms with van der Waals surface area (Å²) in [6, 6.07) is 16.8. The van der Waals surface area contributed by atoms with Crippen molar-refractivity contribution < 1.29 is 14.3 Å². The first kappa shape index (κ1) is 19.9. The molecule has 6 heteroatoms.